The number of fused-ring (bicyclic) bond motifs is 1. The van der Waals surface area contributed by atoms with E-state index < -0.39 is 0 Å². The molecule has 4 rings (SSSR count). The van der Waals surface area contributed by atoms with Gasteiger partial charge in [-0.25, -0.2) is 4.39 Å². The van der Waals surface area contributed by atoms with Crippen molar-refractivity contribution >= 4 is 17.7 Å². The second kappa shape index (κ2) is 8.61. The summed E-state index contributed by atoms with van der Waals surface area (Å²) in [6, 6.07) is 14.5. The summed E-state index contributed by atoms with van der Waals surface area (Å²) in [4.78, 5) is 14.6. The van der Waals surface area contributed by atoms with Crippen molar-refractivity contribution in [3.05, 3.63) is 78.1 Å². The molecule has 148 valence electrons. The number of amides is 1. The van der Waals surface area contributed by atoms with Crippen molar-refractivity contribution < 1.29 is 9.18 Å². The molecule has 0 radical (unpaired) electrons. The van der Waals surface area contributed by atoms with Gasteiger partial charge in [0.15, 0.2) is 11.0 Å². The van der Waals surface area contributed by atoms with Gasteiger partial charge in [0.25, 0.3) is 0 Å². The summed E-state index contributed by atoms with van der Waals surface area (Å²) in [6.45, 7) is 5.63. The monoisotopic (exact) mass is 408 g/mol. The summed E-state index contributed by atoms with van der Waals surface area (Å²) in [6.07, 6.45) is 2.61. The lowest BCUT2D eigenvalue weighted by Gasteiger charge is -2.28. The van der Waals surface area contributed by atoms with E-state index in [0.717, 1.165) is 13.0 Å². The van der Waals surface area contributed by atoms with Crippen LogP contribution in [-0.4, -0.2) is 37.9 Å². The van der Waals surface area contributed by atoms with Gasteiger partial charge >= 0.3 is 0 Å². The van der Waals surface area contributed by atoms with Crippen LogP contribution in [0.1, 0.15) is 11.1 Å². The molecule has 0 unspecified atom stereocenters. The van der Waals surface area contributed by atoms with E-state index in [2.05, 4.69) is 28.9 Å². The lowest BCUT2D eigenvalue weighted by molar-refractivity contribution is -0.129. The predicted molar refractivity (Wildman–Crippen MR) is 112 cm³/mol. The Hall–Kier alpha value is -2.93. The first-order valence-corrected chi connectivity index (χ1v) is 10.4. The molecule has 3 aromatic rings. The van der Waals surface area contributed by atoms with Crippen LogP contribution >= 0.6 is 11.8 Å². The van der Waals surface area contributed by atoms with Crippen LogP contribution in [-0.2, 0) is 24.3 Å². The molecule has 1 aliphatic rings. The molecule has 1 aromatic heterocycles. The highest BCUT2D eigenvalue weighted by Crippen LogP contribution is 2.26. The second-order valence-electron chi connectivity index (χ2n) is 6.84. The highest BCUT2D eigenvalue weighted by atomic mass is 32.2. The number of benzene rings is 2. The third-order valence-electron chi connectivity index (χ3n) is 4.92. The summed E-state index contributed by atoms with van der Waals surface area (Å²) in [5, 5.41) is 9.07. The van der Waals surface area contributed by atoms with Crippen molar-refractivity contribution in [1.29, 1.82) is 0 Å². The number of aromatic nitrogens is 3. The molecule has 29 heavy (non-hydrogen) atoms. The Kier molecular flexibility index (Phi) is 5.76. The minimum Gasteiger partial charge on any atom is -0.337 e. The van der Waals surface area contributed by atoms with E-state index >= 15 is 0 Å². The SMILES string of the molecule is C=CCn1c(SCC(=O)N2CCc3ccccc3C2)nnc1-c1cccc(F)c1. The smallest absolute Gasteiger partial charge is 0.233 e. The summed E-state index contributed by atoms with van der Waals surface area (Å²) in [7, 11) is 0. The Labute approximate surface area is 173 Å². The first kappa shape index (κ1) is 19.4. The van der Waals surface area contributed by atoms with Crippen molar-refractivity contribution in [1.82, 2.24) is 19.7 Å². The summed E-state index contributed by atoms with van der Waals surface area (Å²) in [5.74, 6) is 0.585. The Balaban J connectivity index is 1.47. The highest BCUT2D eigenvalue weighted by Gasteiger charge is 2.22. The van der Waals surface area contributed by atoms with E-state index in [-0.39, 0.29) is 17.5 Å². The molecule has 0 saturated carbocycles. The minimum absolute atomic E-state index is 0.0740. The zero-order valence-electron chi connectivity index (χ0n) is 15.9. The number of hydrogen-bond donors (Lipinski definition) is 0. The Morgan fingerprint density at radius 3 is 2.79 bits per heavy atom. The number of allylic oxidation sites excluding steroid dienone is 1. The number of halogens is 1. The van der Waals surface area contributed by atoms with Crippen molar-refractivity contribution in [3.63, 3.8) is 0 Å². The first-order valence-electron chi connectivity index (χ1n) is 9.43. The van der Waals surface area contributed by atoms with Gasteiger partial charge in [-0.15, -0.1) is 16.8 Å². The fraction of sp³-hybridized carbons (Fsp3) is 0.227. The van der Waals surface area contributed by atoms with Gasteiger partial charge in [-0.2, -0.15) is 0 Å². The van der Waals surface area contributed by atoms with Crippen molar-refractivity contribution in [2.24, 2.45) is 0 Å². The van der Waals surface area contributed by atoms with Crippen molar-refractivity contribution in [2.75, 3.05) is 12.3 Å². The van der Waals surface area contributed by atoms with Gasteiger partial charge in [-0.05, 0) is 29.7 Å². The molecule has 1 aliphatic heterocycles. The normalized spacial score (nSPS) is 13.2. The van der Waals surface area contributed by atoms with Crippen LogP contribution in [0.15, 0.2) is 66.3 Å². The highest BCUT2D eigenvalue weighted by molar-refractivity contribution is 7.99. The summed E-state index contributed by atoms with van der Waals surface area (Å²) < 4.78 is 15.5. The molecule has 1 amide bonds. The fourth-order valence-corrected chi connectivity index (χ4v) is 4.31. The lowest BCUT2D eigenvalue weighted by Crippen LogP contribution is -2.37. The van der Waals surface area contributed by atoms with Crippen molar-refractivity contribution in [2.45, 2.75) is 24.7 Å². The third-order valence-corrected chi connectivity index (χ3v) is 5.87. The number of rotatable bonds is 6. The molecular formula is C22H21FN4OS. The number of thioether (sulfide) groups is 1. The van der Waals surface area contributed by atoms with Gasteiger partial charge in [0, 0.05) is 25.2 Å². The van der Waals surface area contributed by atoms with E-state index in [1.165, 1.54) is 35.0 Å². The van der Waals surface area contributed by atoms with Gasteiger partial charge in [0.2, 0.25) is 5.91 Å². The molecule has 2 heterocycles. The van der Waals surface area contributed by atoms with E-state index in [4.69, 9.17) is 0 Å². The second-order valence-corrected chi connectivity index (χ2v) is 7.78. The van der Waals surface area contributed by atoms with Gasteiger partial charge in [0.1, 0.15) is 5.82 Å². The van der Waals surface area contributed by atoms with E-state index in [0.29, 0.717) is 29.6 Å². The fourth-order valence-electron chi connectivity index (χ4n) is 3.46. The van der Waals surface area contributed by atoms with Crippen LogP contribution in [0.4, 0.5) is 4.39 Å². The largest absolute Gasteiger partial charge is 0.337 e. The molecular weight excluding hydrogens is 387 g/mol. The molecule has 0 aliphatic carbocycles. The average Bonchev–Trinajstić information content (AvgIpc) is 3.14. The first-order chi connectivity index (χ1) is 14.2. The molecule has 2 aromatic carbocycles. The van der Waals surface area contributed by atoms with Crippen LogP contribution < -0.4 is 0 Å². The number of nitrogens with zero attached hydrogens (tertiary/aromatic N) is 4. The minimum atomic E-state index is -0.328. The lowest BCUT2D eigenvalue weighted by atomic mass is 10.00. The Morgan fingerprint density at radius 2 is 2.00 bits per heavy atom. The topological polar surface area (TPSA) is 51.0 Å². The van der Waals surface area contributed by atoms with Gasteiger partial charge in [-0.3, -0.25) is 9.36 Å². The van der Waals surface area contributed by atoms with Crippen LogP contribution in [0.2, 0.25) is 0 Å². The number of carbonyl (C=O) groups excluding carboxylic acids is 1. The standard InChI is InChI=1S/C22H21FN4OS/c1-2-11-27-21(17-8-5-9-19(23)13-17)24-25-22(27)29-15-20(28)26-12-10-16-6-3-4-7-18(16)14-26/h2-9,13H,1,10-12,14-15H2. The van der Waals surface area contributed by atoms with Crippen molar-refractivity contribution in [3.8, 4) is 11.4 Å². The maximum atomic E-state index is 13.6. The van der Waals surface area contributed by atoms with Crippen LogP contribution in [0.25, 0.3) is 11.4 Å². The Morgan fingerprint density at radius 1 is 1.17 bits per heavy atom. The molecule has 0 fully saturated rings. The van der Waals surface area contributed by atoms with E-state index in [1.807, 2.05) is 21.6 Å². The van der Waals surface area contributed by atoms with Gasteiger partial charge in [0.05, 0.1) is 5.75 Å². The molecule has 0 spiro atoms. The van der Waals surface area contributed by atoms with Gasteiger partial charge < -0.3 is 4.90 Å². The third kappa shape index (κ3) is 4.24. The number of carbonyl (C=O) groups is 1. The summed E-state index contributed by atoms with van der Waals surface area (Å²) >= 11 is 1.35. The average molecular weight is 409 g/mol. The number of hydrogen-bond acceptors (Lipinski definition) is 4. The predicted octanol–water partition coefficient (Wildman–Crippen LogP) is 3.95. The zero-order valence-corrected chi connectivity index (χ0v) is 16.7. The molecule has 5 nitrogen and oxygen atoms in total. The van der Waals surface area contributed by atoms with Crippen LogP contribution in [0.5, 0.6) is 0 Å². The summed E-state index contributed by atoms with van der Waals surface area (Å²) in [5.41, 5.74) is 3.17. The Bertz CT molecular complexity index is 1050. The molecule has 0 N–H and O–H groups in total. The van der Waals surface area contributed by atoms with Crippen LogP contribution in [0, 0.1) is 5.82 Å². The zero-order chi connectivity index (χ0) is 20.2. The van der Waals surface area contributed by atoms with Gasteiger partial charge in [-0.1, -0.05) is 54.2 Å². The van der Waals surface area contributed by atoms with E-state index in [9.17, 15) is 9.18 Å². The molecule has 0 saturated heterocycles. The maximum Gasteiger partial charge on any atom is 0.233 e. The molecule has 7 heteroatoms. The quantitative estimate of drug-likeness (QED) is 0.458. The molecule has 0 atom stereocenters. The maximum absolute atomic E-state index is 13.6. The van der Waals surface area contributed by atoms with E-state index in [1.54, 1.807) is 18.2 Å². The van der Waals surface area contributed by atoms with Crippen LogP contribution in [0.3, 0.4) is 0 Å². The molecule has 0 bridgehead atoms.